The van der Waals surface area contributed by atoms with E-state index in [4.69, 9.17) is 4.98 Å². The fourth-order valence-electron chi connectivity index (χ4n) is 6.70. The first-order valence-electron chi connectivity index (χ1n) is 12.7. The number of sulfone groups is 1. The molecule has 0 N–H and O–H groups in total. The Bertz CT molecular complexity index is 1740. The highest BCUT2D eigenvalue weighted by molar-refractivity contribution is 7.89. The number of benzene rings is 1. The van der Waals surface area contributed by atoms with E-state index in [9.17, 15) is 17.2 Å². The van der Waals surface area contributed by atoms with Gasteiger partial charge in [0.1, 0.15) is 11.6 Å². The lowest BCUT2D eigenvalue weighted by Crippen LogP contribution is -2.38. The Balaban J connectivity index is 1.48. The van der Waals surface area contributed by atoms with E-state index < -0.39 is 26.9 Å². The Labute approximate surface area is 225 Å². The summed E-state index contributed by atoms with van der Waals surface area (Å²) in [5, 5.41) is 8.89. The first-order chi connectivity index (χ1) is 18.4. The molecule has 0 radical (unpaired) electrons. The van der Waals surface area contributed by atoms with E-state index >= 15 is 0 Å². The van der Waals surface area contributed by atoms with E-state index in [2.05, 4.69) is 34.0 Å². The molecular formula is C29H27F2N5O2S. The molecule has 1 saturated carbocycles. The number of halogens is 2. The minimum atomic E-state index is -3.27. The van der Waals surface area contributed by atoms with Gasteiger partial charge in [-0.1, -0.05) is 19.9 Å². The van der Waals surface area contributed by atoms with Crippen molar-refractivity contribution >= 4 is 9.84 Å². The van der Waals surface area contributed by atoms with Gasteiger partial charge in [0, 0.05) is 23.7 Å². The van der Waals surface area contributed by atoms with Crippen LogP contribution in [0.25, 0.3) is 22.6 Å². The molecule has 0 aliphatic heterocycles. The summed E-state index contributed by atoms with van der Waals surface area (Å²) in [4.78, 5) is 13.9. The second-order valence-electron chi connectivity index (χ2n) is 11.2. The molecule has 2 aliphatic carbocycles. The lowest BCUT2D eigenvalue weighted by atomic mass is 9.66. The SMILES string of the molecule is Cc1cc(-c2nccc([C@@]34CC[C@@H](c5cc(-c6c(F)cccc6F)nnc53)C4(C)C)n2)cc(CS(C)(=O)=O)n1. The Morgan fingerprint density at radius 1 is 1.03 bits per heavy atom. The third kappa shape index (κ3) is 3.95. The average Bonchev–Trinajstić information content (AvgIpc) is 3.23. The molecule has 0 saturated heterocycles. The lowest BCUT2D eigenvalue weighted by molar-refractivity contribution is 0.243. The molecule has 39 heavy (non-hydrogen) atoms. The second-order valence-corrected chi connectivity index (χ2v) is 13.3. The summed E-state index contributed by atoms with van der Waals surface area (Å²) in [5.41, 5.74) is 3.43. The maximum atomic E-state index is 14.6. The van der Waals surface area contributed by atoms with E-state index in [-0.39, 0.29) is 28.3 Å². The van der Waals surface area contributed by atoms with Crippen LogP contribution in [0.5, 0.6) is 0 Å². The van der Waals surface area contributed by atoms with E-state index in [0.29, 0.717) is 22.8 Å². The van der Waals surface area contributed by atoms with Crippen LogP contribution in [-0.2, 0) is 21.0 Å². The van der Waals surface area contributed by atoms with Gasteiger partial charge in [-0.3, -0.25) is 4.98 Å². The molecule has 3 heterocycles. The van der Waals surface area contributed by atoms with Gasteiger partial charge in [0.05, 0.1) is 39.5 Å². The molecule has 2 bridgehead atoms. The maximum absolute atomic E-state index is 14.6. The van der Waals surface area contributed by atoms with Crippen LogP contribution in [0, 0.1) is 24.0 Å². The van der Waals surface area contributed by atoms with Crippen LogP contribution < -0.4 is 0 Å². The zero-order chi connectivity index (χ0) is 27.7. The fourth-order valence-corrected chi connectivity index (χ4v) is 7.39. The molecule has 200 valence electrons. The van der Waals surface area contributed by atoms with Crippen molar-refractivity contribution in [1.82, 2.24) is 25.1 Å². The van der Waals surface area contributed by atoms with Crippen molar-refractivity contribution in [3.05, 3.63) is 88.6 Å². The summed E-state index contributed by atoms with van der Waals surface area (Å²) >= 11 is 0. The number of fused-ring (bicyclic) bond motifs is 5. The third-order valence-electron chi connectivity index (χ3n) is 8.37. The van der Waals surface area contributed by atoms with Gasteiger partial charge in [-0.2, -0.15) is 5.10 Å². The van der Waals surface area contributed by atoms with Crippen molar-refractivity contribution in [2.24, 2.45) is 5.41 Å². The zero-order valence-electron chi connectivity index (χ0n) is 22.0. The first-order valence-corrected chi connectivity index (χ1v) is 14.8. The summed E-state index contributed by atoms with van der Waals surface area (Å²) in [6.07, 6.45) is 4.55. The normalized spacial score (nSPS) is 21.2. The molecule has 0 amide bonds. The molecule has 2 aliphatic rings. The largest absolute Gasteiger partial charge is 0.257 e. The number of rotatable bonds is 5. The number of hydrogen-bond donors (Lipinski definition) is 0. The highest BCUT2D eigenvalue weighted by Crippen LogP contribution is 2.69. The summed E-state index contributed by atoms with van der Waals surface area (Å²) in [6.45, 7) is 6.16. The molecular weight excluding hydrogens is 520 g/mol. The van der Waals surface area contributed by atoms with Gasteiger partial charge in [0.25, 0.3) is 0 Å². The molecule has 7 nitrogen and oxygen atoms in total. The predicted octanol–water partition coefficient (Wildman–Crippen LogP) is 5.33. The first kappa shape index (κ1) is 25.6. The average molecular weight is 548 g/mol. The third-order valence-corrected chi connectivity index (χ3v) is 9.19. The highest BCUT2D eigenvalue weighted by Gasteiger charge is 2.65. The number of nitrogens with zero attached hydrogens (tertiary/aromatic N) is 5. The number of pyridine rings is 1. The van der Waals surface area contributed by atoms with Gasteiger partial charge in [-0.15, -0.1) is 5.10 Å². The van der Waals surface area contributed by atoms with Crippen molar-refractivity contribution in [3.63, 3.8) is 0 Å². The smallest absolute Gasteiger partial charge is 0.159 e. The molecule has 3 aromatic heterocycles. The van der Waals surface area contributed by atoms with E-state index in [1.54, 1.807) is 25.3 Å². The van der Waals surface area contributed by atoms with E-state index in [0.717, 1.165) is 29.8 Å². The van der Waals surface area contributed by atoms with Gasteiger partial charge in [-0.25, -0.2) is 27.2 Å². The molecule has 1 aromatic carbocycles. The Hall–Kier alpha value is -3.66. The monoisotopic (exact) mass is 547 g/mol. The molecule has 4 aromatic rings. The van der Waals surface area contributed by atoms with Crippen molar-refractivity contribution in [3.8, 4) is 22.6 Å². The van der Waals surface area contributed by atoms with Gasteiger partial charge < -0.3 is 0 Å². The van der Waals surface area contributed by atoms with Crippen LogP contribution in [0.15, 0.2) is 48.7 Å². The van der Waals surface area contributed by atoms with Gasteiger partial charge in [0.2, 0.25) is 0 Å². The maximum Gasteiger partial charge on any atom is 0.159 e. The molecule has 1 fully saturated rings. The zero-order valence-corrected chi connectivity index (χ0v) is 22.9. The predicted molar refractivity (Wildman–Crippen MR) is 142 cm³/mol. The van der Waals surface area contributed by atoms with Crippen molar-refractivity contribution in [2.45, 2.75) is 50.7 Å². The van der Waals surface area contributed by atoms with E-state index in [1.807, 2.05) is 12.1 Å². The Morgan fingerprint density at radius 2 is 1.77 bits per heavy atom. The minimum Gasteiger partial charge on any atom is -0.257 e. The number of aryl methyl sites for hydroxylation is 1. The van der Waals surface area contributed by atoms with Crippen LogP contribution in [0.1, 0.15) is 60.9 Å². The lowest BCUT2D eigenvalue weighted by Gasteiger charge is -2.37. The van der Waals surface area contributed by atoms with E-state index in [1.165, 1.54) is 24.5 Å². The standard InChI is InChI=1S/C29H27F2N5O2S/c1-16-12-17(13-18(33-16)15-39(4,37)38)27-32-11-9-24(34-27)29-10-8-20(28(29,2)3)19-14-23(35-36-26(19)29)25-21(30)6-5-7-22(25)31/h5-7,9,11-14,20H,8,10,15H2,1-4H3/t20-,29-/m0/s1. The molecule has 10 heteroatoms. The molecule has 2 atom stereocenters. The topological polar surface area (TPSA) is 98.6 Å². The van der Waals surface area contributed by atoms with Gasteiger partial charge >= 0.3 is 0 Å². The van der Waals surface area contributed by atoms with Crippen LogP contribution in [-0.4, -0.2) is 39.8 Å². The molecule has 0 unspecified atom stereocenters. The van der Waals surface area contributed by atoms with Crippen LogP contribution >= 0.6 is 0 Å². The van der Waals surface area contributed by atoms with Crippen molar-refractivity contribution in [2.75, 3.05) is 6.26 Å². The number of aromatic nitrogens is 5. The Kier molecular flexibility index (Phi) is 5.70. The van der Waals surface area contributed by atoms with Gasteiger partial charge in [-0.05, 0) is 73.1 Å². The summed E-state index contributed by atoms with van der Waals surface area (Å²) < 4.78 is 52.9. The fraction of sp³-hybridized carbons (Fsp3) is 0.345. The summed E-state index contributed by atoms with van der Waals surface area (Å²) in [6, 6.07) is 11.0. The molecule has 6 rings (SSSR count). The quantitative estimate of drug-likeness (QED) is 0.333. The highest BCUT2D eigenvalue weighted by atomic mass is 32.2. The van der Waals surface area contributed by atoms with Crippen LogP contribution in [0.2, 0.25) is 0 Å². The minimum absolute atomic E-state index is 0.111. The van der Waals surface area contributed by atoms with Crippen molar-refractivity contribution < 1.29 is 17.2 Å². The molecule has 0 spiro atoms. The second kappa shape index (κ2) is 8.67. The number of hydrogen-bond acceptors (Lipinski definition) is 7. The van der Waals surface area contributed by atoms with Crippen molar-refractivity contribution in [1.29, 1.82) is 0 Å². The summed E-state index contributed by atoms with van der Waals surface area (Å²) in [5.74, 6) is -0.949. The van der Waals surface area contributed by atoms with Crippen LogP contribution in [0.4, 0.5) is 8.78 Å². The Morgan fingerprint density at radius 3 is 2.49 bits per heavy atom. The summed E-state index contributed by atoms with van der Waals surface area (Å²) in [7, 11) is -3.27. The van der Waals surface area contributed by atoms with Crippen LogP contribution in [0.3, 0.4) is 0 Å². The van der Waals surface area contributed by atoms with Gasteiger partial charge in [0.15, 0.2) is 15.7 Å².